The van der Waals surface area contributed by atoms with Gasteiger partial charge in [-0.3, -0.25) is 0 Å². The molecule has 0 aromatic carbocycles. The second-order valence-electron chi connectivity index (χ2n) is 4.36. The van der Waals surface area contributed by atoms with Crippen molar-refractivity contribution in [1.29, 1.82) is 0 Å². The molecular weight excluding hydrogens is 186 g/mol. The average molecular weight is 215 g/mol. The van der Waals surface area contributed by atoms with Gasteiger partial charge in [0.05, 0.1) is 0 Å². The minimum absolute atomic E-state index is 0.623. The Bertz CT molecular complexity index is 117. The van der Waals surface area contributed by atoms with E-state index in [1.165, 1.54) is 44.9 Å². The van der Waals surface area contributed by atoms with E-state index in [-0.39, 0.29) is 0 Å². The third kappa shape index (κ3) is 11.8. The lowest BCUT2D eigenvalue weighted by molar-refractivity contribution is 0.124. The van der Waals surface area contributed by atoms with Crippen LogP contribution in [0.4, 0.5) is 0 Å². The molecule has 0 aliphatic rings. The number of nitrogens with one attached hydrogen (secondary N) is 1. The Morgan fingerprint density at radius 2 is 1.67 bits per heavy atom. The normalized spacial score (nSPS) is 13.0. The summed E-state index contributed by atoms with van der Waals surface area (Å²) in [6.45, 7) is 6.35. The maximum atomic E-state index is 5.58. The summed E-state index contributed by atoms with van der Waals surface area (Å²) in [6.07, 6.45) is 9.03. The third-order valence-electron chi connectivity index (χ3n) is 2.81. The van der Waals surface area contributed by atoms with Gasteiger partial charge in [0.2, 0.25) is 0 Å². The summed E-state index contributed by atoms with van der Waals surface area (Å²) in [7, 11) is 2.01. The fraction of sp³-hybridized carbons (Fsp3) is 1.00. The van der Waals surface area contributed by atoms with Crippen molar-refractivity contribution in [2.45, 2.75) is 64.8 Å². The van der Waals surface area contributed by atoms with E-state index in [1.54, 1.807) is 0 Å². The Balaban J connectivity index is 2.92. The lowest BCUT2D eigenvalue weighted by Crippen LogP contribution is -2.21. The third-order valence-corrected chi connectivity index (χ3v) is 2.81. The second-order valence-corrected chi connectivity index (χ2v) is 4.36. The van der Waals surface area contributed by atoms with E-state index in [2.05, 4.69) is 19.2 Å². The van der Waals surface area contributed by atoms with Crippen molar-refractivity contribution in [1.82, 2.24) is 5.32 Å². The van der Waals surface area contributed by atoms with Crippen LogP contribution in [0, 0.1) is 0 Å². The quantitative estimate of drug-likeness (QED) is 0.534. The van der Waals surface area contributed by atoms with Gasteiger partial charge in [-0.05, 0) is 33.2 Å². The Labute approximate surface area is 95.8 Å². The van der Waals surface area contributed by atoms with E-state index < -0.39 is 0 Å². The Morgan fingerprint density at radius 3 is 2.33 bits per heavy atom. The van der Waals surface area contributed by atoms with Gasteiger partial charge in [-0.2, -0.15) is 0 Å². The standard InChI is InChI=1S/C13H29NO/c1-4-5-6-7-8-11-15-12-9-10-13(2)14-3/h13-14H,4-12H2,1-3H3. The monoisotopic (exact) mass is 215 g/mol. The van der Waals surface area contributed by atoms with E-state index in [4.69, 9.17) is 4.74 Å². The highest BCUT2D eigenvalue weighted by molar-refractivity contribution is 4.55. The van der Waals surface area contributed by atoms with Crippen molar-refractivity contribution < 1.29 is 4.74 Å². The molecule has 0 rings (SSSR count). The minimum Gasteiger partial charge on any atom is -0.381 e. The Kier molecular flexibility index (Phi) is 11.9. The van der Waals surface area contributed by atoms with Crippen LogP contribution >= 0.6 is 0 Å². The number of hydrogen-bond acceptors (Lipinski definition) is 2. The van der Waals surface area contributed by atoms with Gasteiger partial charge in [0.15, 0.2) is 0 Å². The first-order chi connectivity index (χ1) is 7.31. The summed E-state index contributed by atoms with van der Waals surface area (Å²) >= 11 is 0. The van der Waals surface area contributed by atoms with Gasteiger partial charge in [-0.15, -0.1) is 0 Å². The van der Waals surface area contributed by atoms with Crippen molar-refractivity contribution in [3.8, 4) is 0 Å². The zero-order valence-electron chi connectivity index (χ0n) is 10.8. The molecule has 92 valence electrons. The summed E-state index contributed by atoms with van der Waals surface area (Å²) in [6, 6.07) is 0.623. The smallest absolute Gasteiger partial charge is 0.0466 e. The molecule has 0 amide bonds. The number of ether oxygens (including phenoxy) is 1. The molecule has 1 N–H and O–H groups in total. The van der Waals surface area contributed by atoms with E-state index in [0.717, 1.165) is 13.2 Å². The topological polar surface area (TPSA) is 21.3 Å². The SMILES string of the molecule is CCCCCCCOCCCC(C)NC. The van der Waals surface area contributed by atoms with Crippen LogP contribution in [-0.4, -0.2) is 26.3 Å². The van der Waals surface area contributed by atoms with E-state index in [0.29, 0.717) is 6.04 Å². The molecule has 0 heterocycles. The molecule has 0 aromatic rings. The highest BCUT2D eigenvalue weighted by Gasteiger charge is 1.97. The van der Waals surface area contributed by atoms with E-state index >= 15 is 0 Å². The van der Waals surface area contributed by atoms with E-state index in [9.17, 15) is 0 Å². The van der Waals surface area contributed by atoms with Crippen molar-refractivity contribution in [2.24, 2.45) is 0 Å². The lowest BCUT2D eigenvalue weighted by Gasteiger charge is -2.09. The molecule has 0 saturated heterocycles. The van der Waals surface area contributed by atoms with Gasteiger partial charge in [0.25, 0.3) is 0 Å². The molecule has 1 atom stereocenters. The maximum Gasteiger partial charge on any atom is 0.0466 e. The van der Waals surface area contributed by atoms with Crippen molar-refractivity contribution in [3.05, 3.63) is 0 Å². The molecule has 0 radical (unpaired) electrons. The molecule has 2 nitrogen and oxygen atoms in total. The zero-order chi connectivity index (χ0) is 11.4. The van der Waals surface area contributed by atoms with Gasteiger partial charge in [-0.1, -0.05) is 32.6 Å². The van der Waals surface area contributed by atoms with Crippen LogP contribution < -0.4 is 5.32 Å². The number of unbranched alkanes of at least 4 members (excludes halogenated alkanes) is 4. The van der Waals surface area contributed by atoms with Crippen LogP contribution in [0.1, 0.15) is 58.8 Å². The zero-order valence-corrected chi connectivity index (χ0v) is 10.8. The van der Waals surface area contributed by atoms with E-state index in [1.807, 2.05) is 7.05 Å². The number of hydrogen-bond donors (Lipinski definition) is 1. The summed E-state index contributed by atoms with van der Waals surface area (Å²) in [5.41, 5.74) is 0. The average Bonchev–Trinajstić information content (AvgIpc) is 2.26. The second kappa shape index (κ2) is 12.0. The first-order valence-corrected chi connectivity index (χ1v) is 6.56. The highest BCUT2D eigenvalue weighted by Crippen LogP contribution is 2.03. The molecule has 15 heavy (non-hydrogen) atoms. The van der Waals surface area contributed by atoms with Crippen LogP contribution in [0.3, 0.4) is 0 Å². The van der Waals surface area contributed by atoms with Gasteiger partial charge < -0.3 is 10.1 Å². The highest BCUT2D eigenvalue weighted by atomic mass is 16.5. The molecule has 0 spiro atoms. The van der Waals surface area contributed by atoms with Crippen LogP contribution in [0.15, 0.2) is 0 Å². The molecule has 0 saturated carbocycles. The summed E-state index contributed by atoms with van der Waals surface area (Å²) in [5.74, 6) is 0. The Hall–Kier alpha value is -0.0800. The fourth-order valence-corrected chi connectivity index (χ4v) is 1.55. The molecular formula is C13H29NO. The molecule has 0 bridgehead atoms. The van der Waals surface area contributed by atoms with Crippen molar-refractivity contribution in [3.63, 3.8) is 0 Å². The first-order valence-electron chi connectivity index (χ1n) is 6.56. The van der Waals surface area contributed by atoms with Gasteiger partial charge in [-0.25, -0.2) is 0 Å². The minimum atomic E-state index is 0.623. The van der Waals surface area contributed by atoms with Crippen LogP contribution in [0.25, 0.3) is 0 Å². The maximum absolute atomic E-state index is 5.58. The van der Waals surface area contributed by atoms with Gasteiger partial charge in [0.1, 0.15) is 0 Å². The molecule has 0 fully saturated rings. The summed E-state index contributed by atoms with van der Waals surface area (Å²) < 4.78 is 5.58. The molecule has 0 aliphatic carbocycles. The lowest BCUT2D eigenvalue weighted by atomic mass is 10.2. The van der Waals surface area contributed by atoms with Crippen LogP contribution in [-0.2, 0) is 4.74 Å². The van der Waals surface area contributed by atoms with Gasteiger partial charge >= 0.3 is 0 Å². The number of rotatable bonds is 11. The molecule has 0 aliphatic heterocycles. The van der Waals surface area contributed by atoms with Gasteiger partial charge in [0, 0.05) is 19.3 Å². The molecule has 1 unspecified atom stereocenters. The largest absolute Gasteiger partial charge is 0.381 e. The Morgan fingerprint density at radius 1 is 1.00 bits per heavy atom. The van der Waals surface area contributed by atoms with Crippen molar-refractivity contribution in [2.75, 3.05) is 20.3 Å². The summed E-state index contributed by atoms with van der Waals surface area (Å²) in [4.78, 5) is 0. The van der Waals surface area contributed by atoms with Crippen LogP contribution in [0.2, 0.25) is 0 Å². The van der Waals surface area contributed by atoms with Crippen LogP contribution in [0.5, 0.6) is 0 Å². The fourth-order valence-electron chi connectivity index (χ4n) is 1.55. The predicted molar refractivity (Wildman–Crippen MR) is 67.3 cm³/mol. The predicted octanol–water partition coefficient (Wildman–Crippen LogP) is 3.36. The molecule has 2 heteroatoms. The molecule has 0 aromatic heterocycles. The first kappa shape index (κ1) is 14.9. The summed E-state index contributed by atoms with van der Waals surface area (Å²) in [5, 5.41) is 3.23. The van der Waals surface area contributed by atoms with Crippen molar-refractivity contribution >= 4 is 0 Å².